The van der Waals surface area contributed by atoms with Crippen molar-refractivity contribution in [3.63, 3.8) is 0 Å². The summed E-state index contributed by atoms with van der Waals surface area (Å²) in [7, 11) is 0. The predicted molar refractivity (Wildman–Crippen MR) is 183 cm³/mol. The molecule has 8 aromatic rings. The summed E-state index contributed by atoms with van der Waals surface area (Å²) in [4.78, 5) is 0. The van der Waals surface area contributed by atoms with Crippen molar-refractivity contribution in [2.75, 3.05) is 0 Å². The second-order valence-corrected chi connectivity index (χ2v) is 13.1. The topological polar surface area (TPSA) is 0 Å². The van der Waals surface area contributed by atoms with Gasteiger partial charge in [0.2, 0.25) is 0 Å². The second kappa shape index (κ2) is 8.31. The van der Waals surface area contributed by atoms with Gasteiger partial charge in [-0.3, -0.25) is 0 Å². The SMILES string of the molecule is Cc1cc2c(c3ccccc13)-c1ccc(-c3cccc4c3sc3ccccc34)cc1C21c2ccccc2-c2ccccc21. The van der Waals surface area contributed by atoms with Gasteiger partial charge in [0, 0.05) is 20.2 Å². The van der Waals surface area contributed by atoms with Crippen LogP contribution in [0.25, 0.3) is 64.3 Å². The van der Waals surface area contributed by atoms with Crippen LogP contribution in [0.3, 0.4) is 0 Å². The van der Waals surface area contributed by atoms with Crippen LogP contribution in [0, 0.1) is 6.92 Å². The molecule has 1 spiro atoms. The Morgan fingerprint density at radius 2 is 1.07 bits per heavy atom. The monoisotopic (exact) mass is 562 g/mol. The van der Waals surface area contributed by atoms with Gasteiger partial charge in [-0.1, -0.05) is 127 Å². The smallest absolute Gasteiger partial charge is 0.0726 e. The highest BCUT2D eigenvalue weighted by molar-refractivity contribution is 7.26. The molecule has 1 aromatic heterocycles. The van der Waals surface area contributed by atoms with E-state index in [1.54, 1.807) is 0 Å². The van der Waals surface area contributed by atoms with Gasteiger partial charge in [0.25, 0.3) is 0 Å². The molecular formula is C42H26S. The molecule has 10 rings (SSSR count). The number of fused-ring (bicyclic) bond motifs is 15. The van der Waals surface area contributed by atoms with E-state index < -0.39 is 0 Å². The first kappa shape index (κ1) is 23.6. The van der Waals surface area contributed by atoms with Crippen molar-refractivity contribution < 1.29 is 0 Å². The number of benzene rings is 7. The minimum Gasteiger partial charge on any atom is -0.135 e. The second-order valence-electron chi connectivity index (χ2n) is 12.0. The van der Waals surface area contributed by atoms with Crippen molar-refractivity contribution in [2.24, 2.45) is 0 Å². The number of rotatable bonds is 1. The van der Waals surface area contributed by atoms with E-state index in [1.807, 2.05) is 11.3 Å². The molecule has 0 radical (unpaired) electrons. The van der Waals surface area contributed by atoms with E-state index in [1.165, 1.54) is 92.1 Å². The van der Waals surface area contributed by atoms with Gasteiger partial charge in [-0.15, -0.1) is 11.3 Å². The quantitative estimate of drug-likeness (QED) is 0.187. The number of thiophene rings is 1. The van der Waals surface area contributed by atoms with Crippen molar-refractivity contribution in [2.45, 2.75) is 12.3 Å². The van der Waals surface area contributed by atoms with Crippen LogP contribution in [0.4, 0.5) is 0 Å². The van der Waals surface area contributed by atoms with Crippen LogP contribution in [0.5, 0.6) is 0 Å². The zero-order chi connectivity index (χ0) is 28.3. The zero-order valence-corrected chi connectivity index (χ0v) is 24.5. The van der Waals surface area contributed by atoms with E-state index in [0.29, 0.717) is 0 Å². The first-order chi connectivity index (χ1) is 21.2. The third kappa shape index (κ3) is 2.86. The Morgan fingerprint density at radius 1 is 0.442 bits per heavy atom. The average Bonchev–Trinajstić information content (AvgIpc) is 3.69. The fourth-order valence-electron chi connectivity index (χ4n) is 8.32. The fourth-order valence-corrected chi connectivity index (χ4v) is 9.56. The maximum absolute atomic E-state index is 2.53. The molecule has 0 unspecified atom stereocenters. The van der Waals surface area contributed by atoms with Crippen LogP contribution in [-0.2, 0) is 5.41 Å². The molecule has 0 nitrogen and oxygen atoms in total. The third-order valence-electron chi connectivity index (χ3n) is 10.0. The molecule has 1 heterocycles. The molecule has 0 amide bonds. The van der Waals surface area contributed by atoms with E-state index in [-0.39, 0.29) is 5.41 Å². The van der Waals surface area contributed by atoms with Gasteiger partial charge in [-0.25, -0.2) is 0 Å². The van der Waals surface area contributed by atoms with Crippen LogP contribution in [-0.4, -0.2) is 0 Å². The van der Waals surface area contributed by atoms with Crippen LogP contribution >= 0.6 is 11.3 Å². The lowest BCUT2D eigenvalue weighted by molar-refractivity contribution is 0.794. The summed E-state index contributed by atoms with van der Waals surface area (Å²) < 4.78 is 2.71. The summed E-state index contributed by atoms with van der Waals surface area (Å²) in [6.07, 6.45) is 0. The van der Waals surface area contributed by atoms with Gasteiger partial charge in [-0.05, 0) is 91.0 Å². The highest BCUT2D eigenvalue weighted by Crippen LogP contribution is 2.64. The molecule has 2 aliphatic carbocycles. The van der Waals surface area contributed by atoms with Crippen molar-refractivity contribution in [3.05, 3.63) is 167 Å². The van der Waals surface area contributed by atoms with Crippen LogP contribution < -0.4 is 0 Å². The molecule has 0 bridgehead atoms. The maximum atomic E-state index is 2.53. The Hall–Kier alpha value is -4.98. The summed E-state index contributed by atoms with van der Waals surface area (Å²) in [5.41, 5.74) is 14.6. The van der Waals surface area contributed by atoms with Gasteiger partial charge >= 0.3 is 0 Å². The summed E-state index contributed by atoms with van der Waals surface area (Å²) in [5, 5.41) is 5.37. The Morgan fingerprint density at radius 3 is 1.86 bits per heavy atom. The van der Waals surface area contributed by atoms with Gasteiger partial charge < -0.3 is 0 Å². The molecule has 0 fully saturated rings. The Kier molecular flexibility index (Phi) is 4.56. The minimum atomic E-state index is -0.364. The van der Waals surface area contributed by atoms with Crippen molar-refractivity contribution in [1.29, 1.82) is 0 Å². The lowest BCUT2D eigenvalue weighted by Crippen LogP contribution is -2.26. The molecular weight excluding hydrogens is 537 g/mol. The van der Waals surface area contributed by atoms with Crippen molar-refractivity contribution in [1.82, 2.24) is 0 Å². The highest BCUT2D eigenvalue weighted by Gasteiger charge is 2.52. The van der Waals surface area contributed by atoms with E-state index >= 15 is 0 Å². The highest BCUT2D eigenvalue weighted by atomic mass is 32.1. The maximum Gasteiger partial charge on any atom is 0.0726 e. The lowest BCUT2D eigenvalue weighted by Gasteiger charge is -2.31. The Balaban J connectivity index is 1.36. The standard InChI is InChI=1S/C42H26S/c1-25-23-38-40(32-15-3-2-11-27(25)32)34-22-21-26(28-16-10-17-33-31-14-6-9-20-39(31)43-41(28)33)24-37(34)42(38)35-18-7-4-12-29(35)30-13-5-8-19-36(30)42/h2-24H,1H3. The van der Waals surface area contributed by atoms with E-state index in [2.05, 4.69) is 146 Å². The molecule has 200 valence electrons. The Labute approximate surface area is 254 Å². The Bertz CT molecular complexity index is 2430. The normalized spacial score (nSPS) is 13.9. The lowest BCUT2D eigenvalue weighted by atomic mass is 9.70. The molecule has 0 aliphatic heterocycles. The average molecular weight is 563 g/mol. The van der Waals surface area contributed by atoms with E-state index in [4.69, 9.17) is 0 Å². The molecule has 2 aliphatic rings. The predicted octanol–water partition coefficient (Wildman–Crippen LogP) is 11.5. The first-order valence-corrected chi connectivity index (χ1v) is 15.8. The molecule has 0 saturated carbocycles. The molecule has 43 heavy (non-hydrogen) atoms. The molecule has 0 N–H and O–H groups in total. The number of aryl methyl sites for hydroxylation is 1. The first-order valence-electron chi connectivity index (χ1n) is 15.0. The third-order valence-corrected chi connectivity index (χ3v) is 11.2. The van der Waals surface area contributed by atoms with Gasteiger partial charge in [0.1, 0.15) is 0 Å². The molecule has 1 heteroatoms. The summed E-state index contributed by atoms with van der Waals surface area (Å²) in [6, 6.07) is 52.6. The molecule has 7 aromatic carbocycles. The summed E-state index contributed by atoms with van der Waals surface area (Å²) in [5.74, 6) is 0. The van der Waals surface area contributed by atoms with Crippen LogP contribution in [0.2, 0.25) is 0 Å². The minimum absolute atomic E-state index is 0.364. The summed E-state index contributed by atoms with van der Waals surface area (Å²) in [6.45, 7) is 2.28. The summed E-state index contributed by atoms with van der Waals surface area (Å²) >= 11 is 1.91. The molecule has 0 saturated heterocycles. The fraction of sp³-hybridized carbons (Fsp3) is 0.0476. The van der Waals surface area contributed by atoms with Gasteiger partial charge in [-0.2, -0.15) is 0 Å². The van der Waals surface area contributed by atoms with Crippen LogP contribution in [0.1, 0.15) is 27.8 Å². The van der Waals surface area contributed by atoms with Gasteiger partial charge in [0.05, 0.1) is 5.41 Å². The van der Waals surface area contributed by atoms with E-state index in [0.717, 1.165) is 0 Å². The van der Waals surface area contributed by atoms with Crippen LogP contribution in [0.15, 0.2) is 140 Å². The number of hydrogen-bond acceptors (Lipinski definition) is 1. The van der Waals surface area contributed by atoms with Crippen molar-refractivity contribution >= 4 is 42.3 Å². The van der Waals surface area contributed by atoms with E-state index in [9.17, 15) is 0 Å². The largest absolute Gasteiger partial charge is 0.135 e. The van der Waals surface area contributed by atoms with Crippen molar-refractivity contribution in [3.8, 4) is 33.4 Å². The molecule has 0 atom stereocenters. The van der Waals surface area contributed by atoms with Gasteiger partial charge in [0.15, 0.2) is 0 Å². The number of hydrogen-bond donors (Lipinski definition) is 0. The zero-order valence-electron chi connectivity index (χ0n) is 23.7.